The Balaban J connectivity index is 3.01. The summed E-state index contributed by atoms with van der Waals surface area (Å²) < 4.78 is 5.51. The smallest absolute Gasteiger partial charge is 0.163 e. The molecule has 19 heavy (non-hydrogen) atoms. The summed E-state index contributed by atoms with van der Waals surface area (Å²) in [4.78, 5) is 0. The molecule has 5 nitrogen and oxygen atoms in total. The lowest BCUT2D eigenvalue weighted by Crippen LogP contribution is -2.06. The number of nitriles is 3. The number of ether oxygens (including phenoxy) is 1. The molecule has 0 aliphatic rings. The van der Waals surface area contributed by atoms with Crippen molar-refractivity contribution < 1.29 is 4.74 Å². The number of anilines is 1. The zero-order valence-electron chi connectivity index (χ0n) is 10.6. The molecule has 0 saturated carbocycles. The van der Waals surface area contributed by atoms with Gasteiger partial charge in [-0.05, 0) is 26.0 Å². The van der Waals surface area contributed by atoms with E-state index in [0.29, 0.717) is 11.4 Å². The normalized spacial score (nSPS) is 8.84. The molecule has 1 N–H and O–H groups in total. The van der Waals surface area contributed by atoms with Gasteiger partial charge in [0.15, 0.2) is 5.57 Å². The van der Waals surface area contributed by atoms with Crippen molar-refractivity contribution in [2.75, 3.05) is 5.32 Å². The van der Waals surface area contributed by atoms with Gasteiger partial charge < -0.3 is 10.1 Å². The number of allylic oxidation sites excluding steroid dienone is 2. The average molecular weight is 252 g/mol. The molecule has 0 radical (unpaired) electrons. The summed E-state index contributed by atoms with van der Waals surface area (Å²) >= 11 is 0. The number of nitrogens with one attached hydrogen (secondary N) is 1. The van der Waals surface area contributed by atoms with E-state index >= 15 is 0 Å². The quantitative estimate of drug-likeness (QED) is 0.831. The molecular weight excluding hydrogens is 240 g/mol. The molecule has 0 bridgehead atoms. The van der Waals surface area contributed by atoms with Crippen LogP contribution < -0.4 is 10.1 Å². The highest BCUT2D eigenvalue weighted by Crippen LogP contribution is 2.20. The Labute approximate surface area is 112 Å². The van der Waals surface area contributed by atoms with E-state index in [0.717, 1.165) is 0 Å². The maximum atomic E-state index is 8.93. The molecule has 0 spiro atoms. The van der Waals surface area contributed by atoms with E-state index < -0.39 is 0 Å². The van der Waals surface area contributed by atoms with Gasteiger partial charge in [-0.3, -0.25) is 0 Å². The maximum absolute atomic E-state index is 8.93. The molecule has 0 amide bonds. The van der Waals surface area contributed by atoms with E-state index in [-0.39, 0.29) is 17.4 Å². The van der Waals surface area contributed by atoms with E-state index in [1.54, 1.807) is 42.5 Å². The lowest BCUT2D eigenvalue weighted by Gasteiger charge is -2.11. The molecular formula is C14H12N4O. The topological polar surface area (TPSA) is 92.6 Å². The molecule has 0 unspecified atom stereocenters. The van der Waals surface area contributed by atoms with E-state index in [2.05, 4.69) is 5.32 Å². The van der Waals surface area contributed by atoms with Crippen LogP contribution in [0.2, 0.25) is 0 Å². The third-order valence-corrected chi connectivity index (χ3v) is 2.06. The molecule has 1 aromatic rings. The minimum absolute atomic E-state index is 0.0370. The second-order valence-electron chi connectivity index (χ2n) is 3.90. The Hall–Kier alpha value is -2.97. The molecule has 0 aliphatic heterocycles. The van der Waals surface area contributed by atoms with Gasteiger partial charge in [0.25, 0.3) is 0 Å². The van der Waals surface area contributed by atoms with Gasteiger partial charge in [-0.2, -0.15) is 15.8 Å². The predicted molar refractivity (Wildman–Crippen MR) is 69.7 cm³/mol. The highest BCUT2D eigenvalue weighted by Gasteiger charge is 2.06. The largest absolute Gasteiger partial charge is 0.491 e. The van der Waals surface area contributed by atoms with Crippen LogP contribution in [0, 0.1) is 34.0 Å². The Bertz CT molecular complexity index is 596. The van der Waals surface area contributed by atoms with E-state index in [9.17, 15) is 0 Å². The first-order valence-corrected chi connectivity index (χ1v) is 5.59. The van der Waals surface area contributed by atoms with Crippen LogP contribution in [0.15, 0.2) is 35.5 Å². The first-order chi connectivity index (χ1) is 9.10. The minimum atomic E-state index is -0.252. The summed E-state index contributed by atoms with van der Waals surface area (Å²) in [5, 5.41) is 29.1. The van der Waals surface area contributed by atoms with Gasteiger partial charge in [0.2, 0.25) is 0 Å². The lowest BCUT2D eigenvalue weighted by atomic mass is 10.2. The molecule has 0 fully saturated rings. The summed E-state index contributed by atoms with van der Waals surface area (Å²) in [5.41, 5.74) is 0.252. The summed E-state index contributed by atoms with van der Waals surface area (Å²) in [5.74, 6) is 0.646. The molecule has 5 heteroatoms. The van der Waals surface area contributed by atoms with Crippen molar-refractivity contribution in [1.29, 1.82) is 15.8 Å². The third-order valence-electron chi connectivity index (χ3n) is 2.06. The summed E-state index contributed by atoms with van der Waals surface area (Å²) in [6.45, 7) is 3.81. The molecule has 0 heterocycles. The van der Waals surface area contributed by atoms with Crippen LogP contribution in [-0.4, -0.2) is 6.10 Å². The van der Waals surface area contributed by atoms with Crippen LogP contribution in [0.25, 0.3) is 0 Å². The summed E-state index contributed by atoms with van der Waals surface area (Å²) in [7, 11) is 0. The molecule has 0 saturated heterocycles. The van der Waals surface area contributed by atoms with Crippen molar-refractivity contribution in [3.05, 3.63) is 35.5 Å². The first-order valence-electron chi connectivity index (χ1n) is 5.59. The van der Waals surface area contributed by atoms with Crippen LogP contribution in [0.3, 0.4) is 0 Å². The number of hydrogen-bond donors (Lipinski definition) is 1. The Morgan fingerprint density at radius 3 is 2.37 bits per heavy atom. The first kappa shape index (κ1) is 14.1. The predicted octanol–water partition coefficient (Wildman–Crippen LogP) is 2.71. The molecule has 1 rings (SSSR count). The van der Waals surface area contributed by atoms with Crippen LogP contribution in [0.5, 0.6) is 5.75 Å². The van der Waals surface area contributed by atoms with Gasteiger partial charge >= 0.3 is 0 Å². The van der Waals surface area contributed by atoms with Gasteiger partial charge in [-0.25, -0.2) is 0 Å². The van der Waals surface area contributed by atoms with Crippen molar-refractivity contribution in [3.63, 3.8) is 0 Å². The fraction of sp³-hybridized carbons (Fsp3) is 0.214. The zero-order chi connectivity index (χ0) is 14.3. The van der Waals surface area contributed by atoms with Crippen molar-refractivity contribution >= 4 is 5.69 Å². The van der Waals surface area contributed by atoms with Gasteiger partial charge in [0.05, 0.1) is 6.10 Å². The van der Waals surface area contributed by atoms with Crippen LogP contribution in [0.4, 0.5) is 5.69 Å². The Morgan fingerprint density at radius 2 is 1.84 bits per heavy atom. The fourth-order valence-corrected chi connectivity index (χ4v) is 1.35. The molecule has 0 aromatic heterocycles. The average Bonchev–Trinajstić information content (AvgIpc) is 2.38. The molecule has 0 atom stereocenters. The van der Waals surface area contributed by atoms with Crippen molar-refractivity contribution in [2.24, 2.45) is 0 Å². The van der Waals surface area contributed by atoms with E-state index in [1.165, 1.54) is 0 Å². The van der Waals surface area contributed by atoms with Gasteiger partial charge in [-0.1, -0.05) is 6.07 Å². The standard InChI is InChI=1S/C14H12N4O/c1-10(2)19-13-5-3-4-12(6-13)18-14(9-17)11(7-15)8-16/h3-6,10,18H,1-2H3. The highest BCUT2D eigenvalue weighted by atomic mass is 16.5. The number of hydrogen-bond acceptors (Lipinski definition) is 5. The van der Waals surface area contributed by atoms with Crippen molar-refractivity contribution in [1.82, 2.24) is 0 Å². The molecule has 94 valence electrons. The van der Waals surface area contributed by atoms with Gasteiger partial charge in [0, 0.05) is 11.8 Å². The van der Waals surface area contributed by atoms with Crippen LogP contribution in [0.1, 0.15) is 13.8 Å². The number of rotatable bonds is 4. The van der Waals surface area contributed by atoms with Crippen LogP contribution >= 0.6 is 0 Å². The monoisotopic (exact) mass is 252 g/mol. The zero-order valence-corrected chi connectivity index (χ0v) is 10.6. The van der Waals surface area contributed by atoms with Crippen molar-refractivity contribution in [2.45, 2.75) is 20.0 Å². The summed E-state index contributed by atoms with van der Waals surface area (Å²) in [6.07, 6.45) is 0.0370. The van der Waals surface area contributed by atoms with Gasteiger partial charge in [0.1, 0.15) is 29.7 Å². The van der Waals surface area contributed by atoms with E-state index in [1.807, 2.05) is 13.8 Å². The van der Waals surface area contributed by atoms with Crippen LogP contribution in [-0.2, 0) is 0 Å². The molecule has 0 aliphatic carbocycles. The SMILES string of the molecule is CC(C)Oc1cccc(NC(C#N)=C(C#N)C#N)c1. The van der Waals surface area contributed by atoms with Gasteiger partial charge in [-0.15, -0.1) is 0 Å². The lowest BCUT2D eigenvalue weighted by molar-refractivity contribution is 0.242. The third kappa shape index (κ3) is 4.07. The second-order valence-corrected chi connectivity index (χ2v) is 3.90. The Morgan fingerprint density at radius 1 is 1.16 bits per heavy atom. The second kappa shape index (κ2) is 6.69. The van der Waals surface area contributed by atoms with E-state index in [4.69, 9.17) is 20.5 Å². The number of nitrogens with zero attached hydrogens (tertiary/aromatic N) is 3. The maximum Gasteiger partial charge on any atom is 0.163 e. The Kier molecular flexibility index (Phi) is 4.96. The summed E-state index contributed by atoms with van der Waals surface area (Å²) in [6, 6.07) is 12.1. The van der Waals surface area contributed by atoms with Crippen molar-refractivity contribution in [3.8, 4) is 24.0 Å². The minimum Gasteiger partial charge on any atom is -0.491 e. The fourth-order valence-electron chi connectivity index (χ4n) is 1.35. The number of benzene rings is 1. The highest BCUT2D eigenvalue weighted by molar-refractivity contribution is 5.59. The molecule has 1 aromatic carbocycles.